The first kappa shape index (κ1) is 38.5. The number of carbonyl (C=O) groups is 4. The molecule has 1 aromatic carbocycles. The normalized spacial score (nSPS) is 28.0. The van der Waals surface area contributed by atoms with Gasteiger partial charge in [0.05, 0.1) is 35.9 Å². The molecule has 6 rings (SSSR count). The van der Waals surface area contributed by atoms with E-state index in [4.69, 9.17) is 14.2 Å². The summed E-state index contributed by atoms with van der Waals surface area (Å²) in [7, 11) is -2.43. The number of aromatic nitrogens is 2. The average Bonchev–Trinajstić information content (AvgIpc) is 3.96. The Morgan fingerprint density at radius 1 is 1.09 bits per heavy atom. The lowest BCUT2D eigenvalue weighted by Crippen LogP contribution is -2.57. The molecule has 0 spiro atoms. The van der Waals surface area contributed by atoms with Crippen LogP contribution >= 0.6 is 0 Å². The second kappa shape index (κ2) is 14.5. The standard InChI is InChI=1S/C38H51N5O9S/c1-23-33(40-29-19-26(50-6)14-15-28(29)39-23)51-27-20-30-32(45)41-38(35(47)42-53(48,49)37(5)16-17-37)21-25(38)13-11-9-7-8-10-12-24(34(46)43(30)22-27)18-31(44)52-36(2,3)4/h11,13-15,19,24-25,27,30H,7-10,12,16-18,20-22H2,1-6H3,(H,41,45)(H,42,47)/b13-11-/t24-,25-,27-,30+,38-/m1/s1. The quantitative estimate of drug-likeness (QED) is 0.293. The summed E-state index contributed by atoms with van der Waals surface area (Å²) in [5.74, 6) is -2.66. The number of fused-ring (bicyclic) bond motifs is 3. The number of ether oxygens (including phenoxy) is 3. The lowest BCUT2D eigenvalue weighted by molar-refractivity contribution is -0.159. The minimum Gasteiger partial charge on any atom is -0.497 e. The van der Waals surface area contributed by atoms with Gasteiger partial charge in [-0.1, -0.05) is 25.0 Å². The summed E-state index contributed by atoms with van der Waals surface area (Å²) in [6, 6.07) is 4.23. The fourth-order valence-electron chi connectivity index (χ4n) is 7.17. The lowest BCUT2D eigenvalue weighted by Gasteiger charge is -2.30. The summed E-state index contributed by atoms with van der Waals surface area (Å²) in [5.41, 5.74) is -0.554. The smallest absolute Gasteiger partial charge is 0.307 e. The molecule has 5 atom stereocenters. The van der Waals surface area contributed by atoms with Gasteiger partial charge in [0.25, 0.3) is 5.91 Å². The summed E-state index contributed by atoms with van der Waals surface area (Å²) in [6.07, 6.45) is 7.55. The fourth-order valence-corrected chi connectivity index (χ4v) is 8.48. The molecule has 2 N–H and O–H groups in total. The number of allylic oxidation sites excluding steroid dienone is 1. The molecule has 3 heterocycles. The number of carbonyl (C=O) groups excluding carboxylic acids is 4. The number of amides is 3. The zero-order valence-corrected chi connectivity index (χ0v) is 32.2. The molecular weight excluding hydrogens is 703 g/mol. The van der Waals surface area contributed by atoms with E-state index in [9.17, 15) is 27.6 Å². The molecule has 2 aromatic rings. The number of benzene rings is 1. The maximum atomic E-state index is 14.5. The summed E-state index contributed by atoms with van der Waals surface area (Å²) >= 11 is 0. The molecule has 2 saturated carbocycles. The van der Waals surface area contributed by atoms with E-state index in [-0.39, 0.29) is 31.7 Å². The molecule has 3 fully saturated rings. The van der Waals surface area contributed by atoms with Crippen molar-refractivity contribution in [1.82, 2.24) is 24.9 Å². The van der Waals surface area contributed by atoms with Crippen LogP contribution in [0.15, 0.2) is 30.4 Å². The third kappa shape index (κ3) is 8.44. The van der Waals surface area contributed by atoms with E-state index < -0.39 is 73.6 Å². The highest BCUT2D eigenvalue weighted by atomic mass is 32.2. The molecular formula is C38H51N5O9S. The number of hydrogen-bond acceptors (Lipinski definition) is 11. The molecule has 0 unspecified atom stereocenters. The van der Waals surface area contributed by atoms with Crippen LogP contribution in [0.3, 0.4) is 0 Å². The van der Waals surface area contributed by atoms with E-state index in [0.29, 0.717) is 54.6 Å². The van der Waals surface area contributed by atoms with Gasteiger partial charge >= 0.3 is 5.97 Å². The van der Waals surface area contributed by atoms with E-state index in [1.54, 1.807) is 59.9 Å². The molecule has 2 aliphatic carbocycles. The first-order chi connectivity index (χ1) is 24.9. The van der Waals surface area contributed by atoms with Gasteiger partial charge in [0, 0.05) is 24.3 Å². The SMILES string of the molecule is COc1ccc2nc(C)c(O[C@@H]3C[C@H]4C(=O)N[C@]5(C(=O)NS(=O)(=O)C6(C)CC6)C[C@H]5/C=C\CCCCC[C@H](CC(=O)OC(C)(C)C)C(=O)N4C3)nc2c1. The van der Waals surface area contributed by atoms with Gasteiger partial charge in [-0.05, 0) is 85.3 Å². The van der Waals surface area contributed by atoms with Crippen molar-refractivity contribution in [2.75, 3.05) is 13.7 Å². The largest absolute Gasteiger partial charge is 0.497 e. The fraction of sp³-hybridized carbons (Fsp3) is 0.632. The molecule has 3 amide bonds. The van der Waals surface area contributed by atoms with Crippen molar-refractivity contribution >= 4 is 44.7 Å². The van der Waals surface area contributed by atoms with Crippen LogP contribution in [-0.4, -0.2) is 88.7 Å². The number of rotatable bonds is 8. The Bertz CT molecular complexity index is 1920. The van der Waals surface area contributed by atoms with Crippen LogP contribution in [0.1, 0.15) is 97.6 Å². The minimum atomic E-state index is -3.98. The Kier molecular flexibility index (Phi) is 10.5. The van der Waals surface area contributed by atoms with Crippen LogP contribution in [0.4, 0.5) is 0 Å². The average molecular weight is 754 g/mol. The third-order valence-corrected chi connectivity index (χ3v) is 12.9. The van der Waals surface area contributed by atoms with Crippen LogP contribution < -0.4 is 19.5 Å². The summed E-state index contributed by atoms with van der Waals surface area (Å²) in [4.78, 5) is 66.5. The number of hydrogen-bond donors (Lipinski definition) is 2. The van der Waals surface area contributed by atoms with E-state index in [1.807, 2.05) is 12.2 Å². The Hall–Kier alpha value is -4.27. The van der Waals surface area contributed by atoms with Crippen LogP contribution in [0.2, 0.25) is 0 Å². The summed E-state index contributed by atoms with van der Waals surface area (Å²) in [5, 5.41) is 2.89. The van der Waals surface area contributed by atoms with E-state index in [1.165, 1.54) is 4.90 Å². The van der Waals surface area contributed by atoms with E-state index >= 15 is 0 Å². The highest BCUT2D eigenvalue weighted by Crippen LogP contribution is 2.47. The van der Waals surface area contributed by atoms with Gasteiger partial charge in [-0.2, -0.15) is 0 Å². The molecule has 0 radical (unpaired) electrons. The van der Waals surface area contributed by atoms with Crippen molar-refractivity contribution in [2.24, 2.45) is 11.8 Å². The van der Waals surface area contributed by atoms with E-state index in [2.05, 4.69) is 20.0 Å². The third-order valence-electron chi connectivity index (χ3n) is 10.7. The number of nitrogens with zero attached hydrogens (tertiary/aromatic N) is 3. The van der Waals surface area contributed by atoms with Crippen molar-refractivity contribution in [3.63, 3.8) is 0 Å². The predicted molar refractivity (Wildman–Crippen MR) is 195 cm³/mol. The first-order valence-electron chi connectivity index (χ1n) is 18.5. The van der Waals surface area contributed by atoms with Crippen molar-refractivity contribution in [2.45, 2.75) is 127 Å². The van der Waals surface area contributed by atoms with Gasteiger partial charge in [0.1, 0.15) is 34.7 Å². The first-order valence-corrected chi connectivity index (χ1v) is 20.0. The Balaban J connectivity index is 1.31. The zero-order valence-electron chi connectivity index (χ0n) is 31.4. The summed E-state index contributed by atoms with van der Waals surface area (Å²) in [6.45, 7) is 8.65. The topological polar surface area (TPSA) is 183 Å². The van der Waals surface area contributed by atoms with Crippen LogP contribution in [-0.2, 0) is 33.9 Å². The Morgan fingerprint density at radius 2 is 1.85 bits per heavy atom. The lowest BCUT2D eigenvalue weighted by atomic mass is 9.95. The molecule has 15 heteroatoms. The van der Waals surface area contributed by atoms with E-state index in [0.717, 1.165) is 12.8 Å². The molecule has 0 bridgehead atoms. The van der Waals surface area contributed by atoms with Gasteiger partial charge < -0.3 is 24.4 Å². The number of aryl methyl sites for hydroxylation is 1. The van der Waals surface area contributed by atoms with Gasteiger partial charge in [0.15, 0.2) is 0 Å². The molecule has 53 heavy (non-hydrogen) atoms. The monoisotopic (exact) mass is 753 g/mol. The molecule has 1 saturated heterocycles. The van der Waals surface area contributed by atoms with Gasteiger partial charge in [-0.25, -0.2) is 18.4 Å². The molecule has 1 aromatic heterocycles. The maximum absolute atomic E-state index is 14.5. The number of sulfonamides is 1. The summed E-state index contributed by atoms with van der Waals surface area (Å²) < 4.78 is 44.8. The van der Waals surface area contributed by atoms with Crippen LogP contribution in [0, 0.1) is 18.8 Å². The molecule has 2 aliphatic heterocycles. The number of esters is 1. The van der Waals surface area contributed by atoms with Crippen molar-refractivity contribution in [3.8, 4) is 11.6 Å². The molecule has 4 aliphatic rings. The van der Waals surface area contributed by atoms with Gasteiger partial charge in [-0.3, -0.25) is 23.9 Å². The highest BCUT2D eigenvalue weighted by molar-refractivity contribution is 7.91. The van der Waals surface area contributed by atoms with Crippen molar-refractivity contribution in [3.05, 3.63) is 36.0 Å². The van der Waals surface area contributed by atoms with Crippen molar-refractivity contribution in [1.29, 1.82) is 0 Å². The highest BCUT2D eigenvalue weighted by Gasteiger charge is 2.63. The Morgan fingerprint density at radius 3 is 2.55 bits per heavy atom. The Labute approximate surface area is 310 Å². The van der Waals surface area contributed by atoms with Crippen molar-refractivity contribution < 1.29 is 41.8 Å². The number of nitrogens with one attached hydrogen (secondary N) is 2. The van der Waals surface area contributed by atoms with Crippen LogP contribution in [0.5, 0.6) is 11.6 Å². The minimum absolute atomic E-state index is 0.00820. The maximum Gasteiger partial charge on any atom is 0.307 e. The second-order valence-electron chi connectivity index (χ2n) is 16.2. The molecule has 288 valence electrons. The number of methoxy groups -OCH3 is 1. The van der Waals surface area contributed by atoms with Gasteiger partial charge in [0.2, 0.25) is 27.7 Å². The zero-order chi connectivity index (χ0) is 38.3. The van der Waals surface area contributed by atoms with Crippen LogP contribution in [0.25, 0.3) is 11.0 Å². The van der Waals surface area contributed by atoms with Gasteiger partial charge in [-0.15, -0.1) is 0 Å². The molecule has 14 nitrogen and oxygen atoms in total. The predicted octanol–water partition coefficient (Wildman–Crippen LogP) is 4.04. The second-order valence-corrected chi connectivity index (χ2v) is 18.4.